The molecular weight excluding hydrogens is 256 g/mol. The quantitative estimate of drug-likeness (QED) is 0.293. The van der Waals surface area contributed by atoms with Crippen LogP contribution in [0.4, 0.5) is 0 Å². The standard InChI is InChI=1S/C16H28O4/c1-3-5-7-8-10-14-20-16(18)12-11-15(17)19-13-9-6-4-2/h4H,2-3,5-14H2,1H3. The van der Waals surface area contributed by atoms with Gasteiger partial charge in [-0.1, -0.05) is 38.7 Å². The van der Waals surface area contributed by atoms with Crippen molar-refractivity contribution in [3.63, 3.8) is 0 Å². The first-order chi connectivity index (χ1) is 9.70. The van der Waals surface area contributed by atoms with Crippen molar-refractivity contribution in [2.45, 2.75) is 64.7 Å². The molecule has 0 aliphatic heterocycles. The van der Waals surface area contributed by atoms with Gasteiger partial charge in [0.05, 0.1) is 26.1 Å². The van der Waals surface area contributed by atoms with Crippen molar-refractivity contribution in [3.8, 4) is 0 Å². The fourth-order valence-corrected chi connectivity index (χ4v) is 1.65. The molecule has 0 aliphatic rings. The van der Waals surface area contributed by atoms with Gasteiger partial charge in [-0.3, -0.25) is 9.59 Å². The highest BCUT2D eigenvalue weighted by atomic mass is 16.5. The Morgan fingerprint density at radius 1 is 0.900 bits per heavy atom. The minimum Gasteiger partial charge on any atom is -0.466 e. The second-order valence-electron chi connectivity index (χ2n) is 4.79. The number of ether oxygens (including phenoxy) is 2. The highest BCUT2D eigenvalue weighted by molar-refractivity contribution is 5.77. The number of carbonyl (C=O) groups is 2. The van der Waals surface area contributed by atoms with Crippen LogP contribution < -0.4 is 0 Å². The van der Waals surface area contributed by atoms with Gasteiger partial charge in [0.25, 0.3) is 0 Å². The SMILES string of the molecule is C=CCCCOC(=O)CCC(=O)OCCCCCCC. The summed E-state index contributed by atoms with van der Waals surface area (Å²) < 4.78 is 10.0. The zero-order chi connectivity index (χ0) is 15.1. The van der Waals surface area contributed by atoms with E-state index in [1.54, 1.807) is 6.08 Å². The summed E-state index contributed by atoms with van der Waals surface area (Å²) in [6, 6.07) is 0. The van der Waals surface area contributed by atoms with Crippen LogP contribution in [0.15, 0.2) is 12.7 Å². The van der Waals surface area contributed by atoms with Gasteiger partial charge in [0.1, 0.15) is 0 Å². The third-order valence-electron chi connectivity index (χ3n) is 2.86. The van der Waals surface area contributed by atoms with Crippen molar-refractivity contribution in [3.05, 3.63) is 12.7 Å². The second kappa shape index (κ2) is 14.1. The number of hydrogen-bond donors (Lipinski definition) is 0. The lowest BCUT2D eigenvalue weighted by molar-refractivity contribution is -0.150. The van der Waals surface area contributed by atoms with E-state index in [1.807, 2.05) is 0 Å². The maximum atomic E-state index is 11.4. The first kappa shape index (κ1) is 18.7. The summed E-state index contributed by atoms with van der Waals surface area (Å²) in [7, 11) is 0. The van der Waals surface area contributed by atoms with Crippen LogP contribution in [0, 0.1) is 0 Å². The lowest BCUT2D eigenvalue weighted by Crippen LogP contribution is -2.11. The molecule has 0 rings (SSSR count). The molecule has 4 heteroatoms. The van der Waals surface area contributed by atoms with Crippen LogP contribution in [0.5, 0.6) is 0 Å². The fraction of sp³-hybridized carbons (Fsp3) is 0.750. The first-order valence-electron chi connectivity index (χ1n) is 7.62. The van der Waals surface area contributed by atoms with Crippen molar-refractivity contribution in [1.82, 2.24) is 0 Å². The number of rotatable bonds is 13. The van der Waals surface area contributed by atoms with Crippen LogP contribution in [0.3, 0.4) is 0 Å². The van der Waals surface area contributed by atoms with E-state index in [1.165, 1.54) is 19.3 Å². The molecule has 0 unspecified atom stereocenters. The average Bonchev–Trinajstić information content (AvgIpc) is 2.45. The molecule has 0 radical (unpaired) electrons. The van der Waals surface area contributed by atoms with Gasteiger partial charge in [-0.05, 0) is 19.3 Å². The molecule has 0 aliphatic carbocycles. The van der Waals surface area contributed by atoms with E-state index in [4.69, 9.17) is 9.47 Å². The topological polar surface area (TPSA) is 52.6 Å². The molecule has 0 saturated carbocycles. The van der Waals surface area contributed by atoms with Gasteiger partial charge in [0.15, 0.2) is 0 Å². The van der Waals surface area contributed by atoms with Crippen molar-refractivity contribution < 1.29 is 19.1 Å². The Morgan fingerprint density at radius 2 is 1.45 bits per heavy atom. The third kappa shape index (κ3) is 13.1. The summed E-state index contributed by atoms with van der Waals surface area (Å²) in [5.74, 6) is -0.655. The molecule has 0 aromatic carbocycles. The summed E-state index contributed by atoms with van der Waals surface area (Å²) in [6.07, 6.45) is 9.20. The number of esters is 2. The maximum Gasteiger partial charge on any atom is 0.306 e. The Bertz CT molecular complexity index is 274. The van der Waals surface area contributed by atoms with Gasteiger partial charge < -0.3 is 9.47 Å². The van der Waals surface area contributed by atoms with Crippen LogP contribution in [0.25, 0.3) is 0 Å². The Balaban J connectivity index is 3.38. The van der Waals surface area contributed by atoms with Gasteiger partial charge in [-0.15, -0.1) is 6.58 Å². The molecule has 4 nitrogen and oxygen atoms in total. The van der Waals surface area contributed by atoms with E-state index in [2.05, 4.69) is 13.5 Å². The van der Waals surface area contributed by atoms with Crippen LogP contribution in [0.2, 0.25) is 0 Å². The monoisotopic (exact) mass is 284 g/mol. The number of unbranched alkanes of at least 4 members (excludes halogenated alkanes) is 5. The Labute approximate surface area is 122 Å². The van der Waals surface area contributed by atoms with Crippen LogP contribution in [-0.4, -0.2) is 25.2 Å². The Kier molecular flexibility index (Phi) is 13.2. The highest BCUT2D eigenvalue weighted by Gasteiger charge is 2.08. The molecule has 0 amide bonds. The smallest absolute Gasteiger partial charge is 0.306 e. The zero-order valence-corrected chi connectivity index (χ0v) is 12.7. The molecular formula is C16H28O4. The van der Waals surface area contributed by atoms with E-state index in [-0.39, 0.29) is 24.8 Å². The molecule has 0 aromatic heterocycles. The second-order valence-corrected chi connectivity index (χ2v) is 4.79. The van der Waals surface area contributed by atoms with Gasteiger partial charge in [0, 0.05) is 0 Å². The predicted molar refractivity (Wildman–Crippen MR) is 79.3 cm³/mol. The summed E-state index contributed by atoms with van der Waals surface area (Å²) >= 11 is 0. The average molecular weight is 284 g/mol. The summed E-state index contributed by atoms with van der Waals surface area (Å²) in [5.41, 5.74) is 0. The molecule has 20 heavy (non-hydrogen) atoms. The fourth-order valence-electron chi connectivity index (χ4n) is 1.65. The van der Waals surface area contributed by atoms with E-state index >= 15 is 0 Å². The number of allylic oxidation sites excluding steroid dienone is 1. The molecule has 116 valence electrons. The van der Waals surface area contributed by atoms with Gasteiger partial charge >= 0.3 is 11.9 Å². The maximum absolute atomic E-state index is 11.4. The van der Waals surface area contributed by atoms with Crippen molar-refractivity contribution >= 4 is 11.9 Å². The van der Waals surface area contributed by atoms with Gasteiger partial charge in [-0.25, -0.2) is 0 Å². The third-order valence-corrected chi connectivity index (χ3v) is 2.86. The minimum atomic E-state index is -0.339. The molecule has 0 N–H and O–H groups in total. The van der Waals surface area contributed by atoms with Crippen molar-refractivity contribution in [1.29, 1.82) is 0 Å². The molecule has 0 bridgehead atoms. The van der Waals surface area contributed by atoms with Gasteiger partial charge in [0.2, 0.25) is 0 Å². The Hall–Kier alpha value is -1.32. The molecule has 0 aromatic rings. The van der Waals surface area contributed by atoms with E-state index in [9.17, 15) is 9.59 Å². The van der Waals surface area contributed by atoms with Crippen LogP contribution in [-0.2, 0) is 19.1 Å². The first-order valence-corrected chi connectivity index (χ1v) is 7.62. The number of hydrogen-bond acceptors (Lipinski definition) is 4. The molecule has 0 saturated heterocycles. The van der Waals surface area contributed by atoms with Crippen molar-refractivity contribution in [2.75, 3.05) is 13.2 Å². The summed E-state index contributed by atoms with van der Waals surface area (Å²) in [6.45, 7) is 6.59. The number of carbonyl (C=O) groups excluding carboxylic acids is 2. The lowest BCUT2D eigenvalue weighted by Gasteiger charge is -2.05. The molecule has 0 fully saturated rings. The normalized spacial score (nSPS) is 10.1. The summed E-state index contributed by atoms with van der Waals surface area (Å²) in [4.78, 5) is 22.7. The zero-order valence-electron chi connectivity index (χ0n) is 12.7. The van der Waals surface area contributed by atoms with E-state index in [0.717, 1.165) is 25.7 Å². The van der Waals surface area contributed by atoms with Crippen molar-refractivity contribution in [2.24, 2.45) is 0 Å². The highest BCUT2D eigenvalue weighted by Crippen LogP contribution is 2.03. The minimum absolute atomic E-state index is 0.1000. The van der Waals surface area contributed by atoms with Crippen LogP contribution in [0.1, 0.15) is 64.7 Å². The summed E-state index contributed by atoms with van der Waals surface area (Å²) in [5, 5.41) is 0. The van der Waals surface area contributed by atoms with Gasteiger partial charge in [-0.2, -0.15) is 0 Å². The Morgan fingerprint density at radius 3 is 2.00 bits per heavy atom. The van der Waals surface area contributed by atoms with Crippen LogP contribution >= 0.6 is 0 Å². The molecule has 0 spiro atoms. The molecule has 0 atom stereocenters. The lowest BCUT2D eigenvalue weighted by atomic mass is 10.2. The molecule has 0 heterocycles. The van der Waals surface area contributed by atoms with E-state index in [0.29, 0.717) is 13.2 Å². The van der Waals surface area contributed by atoms with E-state index < -0.39 is 0 Å². The predicted octanol–water partition coefficient (Wildman–Crippen LogP) is 3.79. The largest absolute Gasteiger partial charge is 0.466 e.